The Hall–Kier alpha value is -2.32. The third-order valence-corrected chi connectivity index (χ3v) is 4.81. The summed E-state index contributed by atoms with van der Waals surface area (Å²) in [6.07, 6.45) is 5.81. The van der Waals surface area contributed by atoms with Crippen LogP contribution in [0.25, 0.3) is 0 Å². The fraction of sp³-hybridized carbons (Fsp3) is 0.800. The number of rotatable bonds is 14. The fourth-order valence-electron chi connectivity index (χ4n) is 3.03. The smallest absolute Gasteiger partial charge is 0.320 e. The van der Waals surface area contributed by atoms with Crippen LogP contribution in [0.1, 0.15) is 65.2 Å². The largest absolute Gasteiger partial charge is 0.370 e. The number of unbranched alkanes of at least 4 members (excludes halogenated alkanes) is 5. The zero-order valence-corrected chi connectivity index (χ0v) is 18.7. The van der Waals surface area contributed by atoms with Gasteiger partial charge in [-0.1, -0.05) is 46.0 Å². The summed E-state index contributed by atoms with van der Waals surface area (Å²) in [5, 5.41) is 5.44. The van der Waals surface area contributed by atoms with Crippen molar-refractivity contribution in [1.82, 2.24) is 20.4 Å². The normalized spacial score (nSPS) is 12.6. The Kier molecular flexibility index (Phi) is 12.7. The van der Waals surface area contributed by atoms with E-state index in [1.165, 1.54) is 26.0 Å². The minimum atomic E-state index is -2.04. The molecule has 0 aliphatic carbocycles. The van der Waals surface area contributed by atoms with Gasteiger partial charge in [0.2, 0.25) is 11.4 Å². The Morgan fingerprint density at radius 2 is 1.24 bits per heavy atom. The highest BCUT2D eigenvalue weighted by molar-refractivity contribution is 6.14. The first-order chi connectivity index (χ1) is 13.6. The molecule has 0 heterocycles. The average Bonchev–Trinajstić information content (AvgIpc) is 2.67. The van der Waals surface area contributed by atoms with Gasteiger partial charge in [-0.3, -0.25) is 14.4 Å². The Bertz CT molecular complexity index is 553. The van der Waals surface area contributed by atoms with Gasteiger partial charge in [-0.25, -0.2) is 4.79 Å². The number of hydrogen-bond donors (Lipinski definition) is 3. The molecule has 0 fully saturated rings. The first-order valence-corrected chi connectivity index (χ1v) is 10.4. The summed E-state index contributed by atoms with van der Waals surface area (Å²) in [7, 11) is 4.36. The topological polar surface area (TPSA) is 125 Å². The lowest BCUT2D eigenvalue weighted by Gasteiger charge is -2.39. The van der Waals surface area contributed by atoms with E-state index in [0.29, 0.717) is 13.1 Å². The van der Waals surface area contributed by atoms with E-state index in [4.69, 9.17) is 5.73 Å². The number of nitrogens with two attached hydrogens (primary N) is 1. The van der Waals surface area contributed by atoms with E-state index in [1.54, 1.807) is 0 Å². The van der Waals surface area contributed by atoms with E-state index >= 15 is 0 Å². The third kappa shape index (κ3) is 8.29. The number of hydrogen-bond acceptors (Lipinski definition) is 4. The molecule has 9 heteroatoms. The van der Waals surface area contributed by atoms with Crippen molar-refractivity contribution in [2.75, 3.05) is 34.2 Å². The number of urea groups is 1. The second kappa shape index (κ2) is 13.8. The maximum Gasteiger partial charge on any atom is 0.320 e. The average molecular weight is 414 g/mol. The molecule has 0 saturated carbocycles. The lowest BCUT2D eigenvalue weighted by atomic mass is 9.90. The van der Waals surface area contributed by atoms with Crippen LogP contribution in [-0.4, -0.2) is 73.3 Å². The highest BCUT2D eigenvalue weighted by Gasteiger charge is 2.52. The minimum Gasteiger partial charge on any atom is -0.370 e. The van der Waals surface area contributed by atoms with Crippen LogP contribution in [0.5, 0.6) is 0 Å². The van der Waals surface area contributed by atoms with Gasteiger partial charge in [0.05, 0.1) is 6.42 Å². The molecule has 0 rings (SSSR count). The van der Waals surface area contributed by atoms with Gasteiger partial charge in [-0.2, -0.15) is 0 Å². The highest BCUT2D eigenvalue weighted by Crippen LogP contribution is 2.22. The Morgan fingerprint density at radius 1 is 0.793 bits per heavy atom. The molecule has 0 spiro atoms. The van der Waals surface area contributed by atoms with Crippen LogP contribution in [-0.2, 0) is 14.4 Å². The first-order valence-electron chi connectivity index (χ1n) is 10.4. The van der Waals surface area contributed by atoms with Gasteiger partial charge in [-0.05, 0) is 12.8 Å². The molecule has 0 aromatic carbocycles. The monoisotopic (exact) mass is 413 g/mol. The van der Waals surface area contributed by atoms with Crippen LogP contribution in [0.4, 0.5) is 4.79 Å². The van der Waals surface area contributed by atoms with Crippen LogP contribution >= 0.6 is 0 Å². The Balaban J connectivity index is 5.71. The van der Waals surface area contributed by atoms with Crippen LogP contribution in [0.15, 0.2) is 0 Å². The summed E-state index contributed by atoms with van der Waals surface area (Å²) >= 11 is 0. The van der Waals surface area contributed by atoms with Crippen molar-refractivity contribution < 1.29 is 19.2 Å². The summed E-state index contributed by atoms with van der Waals surface area (Å²) < 4.78 is 0. The molecule has 0 saturated heterocycles. The number of nitrogens with zero attached hydrogens (tertiary/aromatic N) is 2. The summed E-state index contributed by atoms with van der Waals surface area (Å²) in [6, 6.07) is -0.573. The number of carbonyl (C=O) groups excluding carboxylic acids is 4. The predicted octanol–water partition coefficient (Wildman–Crippen LogP) is 1.22. The molecule has 0 radical (unpaired) electrons. The van der Waals surface area contributed by atoms with Gasteiger partial charge in [0.1, 0.15) is 0 Å². The quantitative estimate of drug-likeness (QED) is 0.292. The van der Waals surface area contributed by atoms with Crippen LogP contribution in [0.2, 0.25) is 0 Å². The number of carbonyl (C=O) groups is 4. The summed E-state index contributed by atoms with van der Waals surface area (Å²) in [4.78, 5) is 52.9. The zero-order valence-electron chi connectivity index (χ0n) is 18.7. The van der Waals surface area contributed by atoms with E-state index in [1.807, 2.05) is 6.92 Å². The van der Waals surface area contributed by atoms with E-state index in [2.05, 4.69) is 17.6 Å². The van der Waals surface area contributed by atoms with Crippen LogP contribution in [0.3, 0.4) is 0 Å². The number of nitrogens with one attached hydrogen (secondary N) is 2. The Morgan fingerprint density at radius 3 is 1.66 bits per heavy atom. The molecular formula is C20H39N5O4. The van der Waals surface area contributed by atoms with Crippen molar-refractivity contribution in [3.8, 4) is 0 Å². The number of primary amides is 1. The standard InChI is InChI=1S/C20H39N5O4/c1-6-8-10-12-14-23-18(28)20(15-16(21)26,25(5)19(29)24(3)4)17(27)22-13-11-9-7-2/h6-15H2,1-5H3,(H2,21,26)(H,22,27)(H,23,28). The van der Waals surface area contributed by atoms with Gasteiger partial charge < -0.3 is 26.2 Å². The van der Waals surface area contributed by atoms with E-state index in [0.717, 1.165) is 49.8 Å². The molecule has 1 unspecified atom stereocenters. The molecule has 1 atom stereocenters. The van der Waals surface area contributed by atoms with Gasteiger partial charge in [0, 0.05) is 34.2 Å². The number of amides is 5. The van der Waals surface area contributed by atoms with Gasteiger partial charge >= 0.3 is 6.03 Å². The lowest BCUT2D eigenvalue weighted by Crippen LogP contribution is -2.69. The zero-order chi connectivity index (χ0) is 22.4. The summed E-state index contributed by atoms with van der Waals surface area (Å²) in [5.41, 5.74) is 3.35. The molecule has 168 valence electrons. The van der Waals surface area contributed by atoms with Crippen molar-refractivity contribution in [3.05, 3.63) is 0 Å². The lowest BCUT2D eigenvalue weighted by molar-refractivity contribution is -0.147. The molecule has 5 amide bonds. The molecular weight excluding hydrogens is 374 g/mol. The summed E-state index contributed by atoms with van der Waals surface area (Å²) in [5.74, 6) is -2.23. The van der Waals surface area contributed by atoms with Gasteiger partial charge in [-0.15, -0.1) is 0 Å². The molecule has 0 aromatic rings. The second-order valence-electron chi connectivity index (χ2n) is 7.52. The molecule has 0 aliphatic rings. The maximum absolute atomic E-state index is 13.1. The fourth-order valence-corrected chi connectivity index (χ4v) is 3.03. The summed E-state index contributed by atoms with van der Waals surface area (Å²) in [6.45, 7) is 4.82. The molecule has 9 nitrogen and oxygen atoms in total. The highest BCUT2D eigenvalue weighted by atomic mass is 16.2. The van der Waals surface area contributed by atoms with Crippen LogP contribution < -0.4 is 16.4 Å². The molecule has 29 heavy (non-hydrogen) atoms. The van der Waals surface area contributed by atoms with Crippen molar-refractivity contribution in [2.24, 2.45) is 5.73 Å². The van der Waals surface area contributed by atoms with Crippen molar-refractivity contribution in [2.45, 2.75) is 70.8 Å². The SMILES string of the molecule is CCCCCCNC(=O)C(CC(N)=O)(C(=O)NCCCCC)N(C)C(=O)N(C)C. The second-order valence-corrected chi connectivity index (χ2v) is 7.52. The molecule has 0 aliphatic heterocycles. The molecule has 4 N–H and O–H groups in total. The maximum atomic E-state index is 13.1. The Labute approximate surface area is 174 Å². The first kappa shape index (κ1) is 26.7. The van der Waals surface area contributed by atoms with E-state index < -0.39 is 35.7 Å². The predicted molar refractivity (Wildman–Crippen MR) is 113 cm³/mol. The van der Waals surface area contributed by atoms with Crippen molar-refractivity contribution in [3.63, 3.8) is 0 Å². The van der Waals surface area contributed by atoms with Crippen LogP contribution in [0, 0.1) is 0 Å². The third-order valence-electron chi connectivity index (χ3n) is 4.81. The van der Waals surface area contributed by atoms with Crippen molar-refractivity contribution in [1.29, 1.82) is 0 Å². The molecule has 0 aromatic heterocycles. The van der Waals surface area contributed by atoms with Crippen molar-refractivity contribution >= 4 is 23.8 Å². The van der Waals surface area contributed by atoms with Gasteiger partial charge in [0.25, 0.3) is 11.8 Å². The minimum absolute atomic E-state index is 0.348. The van der Waals surface area contributed by atoms with Gasteiger partial charge in [0.15, 0.2) is 0 Å². The van der Waals surface area contributed by atoms with E-state index in [9.17, 15) is 19.2 Å². The number of likely N-dealkylation sites (N-methyl/N-ethyl adjacent to an activating group) is 1. The molecule has 0 bridgehead atoms. The van der Waals surface area contributed by atoms with E-state index in [-0.39, 0.29) is 0 Å².